The van der Waals surface area contributed by atoms with Crippen LogP contribution in [0.4, 0.5) is 0 Å². The molecule has 2 aliphatic rings. The average Bonchev–Trinajstić information content (AvgIpc) is 3.37. The molecule has 3 aromatic rings. The van der Waals surface area contributed by atoms with E-state index in [2.05, 4.69) is 11.2 Å². The van der Waals surface area contributed by atoms with Gasteiger partial charge in [-0.3, -0.25) is 4.68 Å². The zero-order valence-electron chi connectivity index (χ0n) is 18.8. The molecule has 2 fully saturated rings. The molecule has 1 aromatic heterocycles. The van der Waals surface area contributed by atoms with Gasteiger partial charge in [0.25, 0.3) is 0 Å². The van der Waals surface area contributed by atoms with Gasteiger partial charge >= 0.3 is 5.97 Å². The van der Waals surface area contributed by atoms with Gasteiger partial charge in [-0.1, -0.05) is 37.1 Å². The van der Waals surface area contributed by atoms with E-state index in [-0.39, 0.29) is 11.7 Å². The highest BCUT2D eigenvalue weighted by molar-refractivity contribution is 6.01. The number of aromatic nitrogens is 2. The first-order chi connectivity index (χ1) is 16.0. The lowest BCUT2D eigenvalue weighted by Gasteiger charge is -2.27. The smallest absolute Gasteiger partial charge is 0.337 e. The summed E-state index contributed by atoms with van der Waals surface area (Å²) in [6.07, 6.45) is 7.12. The molecule has 0 saturated heterocycles. The molecule has 2 atom stereocenters. The van der Waals surface area contributed by atoms with Crippen LogP contribution in [0.1, 0.15) is 72.0 Å². The molecule has 2 N–H and O–H groups in total. The molecule has 2 unspecified atom stereocenters. The van der Waals surface area contributed by atoms with Crippen molar-refractivity contribution in [3.05, 3.63) is 59.3 Å². The van der Waals surface area contributed by atoms with Crippen molar-refractivity contribution >= 4 is 16.9 Å². The second-order valence-corrected chi connectivity index (χ2v) is 9.20. The summed E-state index contributed by atoms with van der Waals surface area (Å²) in [5.41, 5.74) is 2.55. The Morgan fingerprint density at radius 2 is 1.97 bits per heavy atom. The number of carboxylic acids is 1. The van der Waals surface area contributed by atoms with E-state index in [1.165, 1.54) is 18.4 Å². The molecule has 0 bridgehead atoms. The number of ether oxygens (including phenoxy) is 2. The molecule has 7 heteroatoms. The quantitative estimate of drug-likeness (QED) is 0.492. The van der Waals surface area contributed by atoms with Gasteiger partial charge in [0, 0.05) is 11.6 Å². The Labute approximate surface area is 192 Å². The number of aliphatic hydroxyl groups is 1. The Kier molecular flexibility index (Phi) is 6.08. The number of aromatic carboxylic acids is 1. The van der Waals surface area contributed by atoms with E-state index < -0.39 is 18.2 Å². The third-order valence-corrected chi connectivity index (χ3v) is 6.82. The van der Waals surface area contributed by atoms with Crippen LogP contribution in [0.25, 0.3) is 10.9 Å². The summed E-state index contributed by atoms with van der Waals surface area (Å²) in [6.45, 7) is 0.318. The van der Waals surface area contributed by atoms with Crippen LogP contribution in [0.15, 0.2) is 42.6 Å². The summed E-state index contributed by atoms with van der Waals surface area (Å²) in [4.78, 5) is 11.6. The Morgan fingerprint density at radius 3 is 2.67 bits per heavy atom. The summed E-state index contributed by atoms with van der Waals surface area (Å²) >= 11 is 0. The normalized spacial score (nSPS) is 18.5. The number of fused-ring (bicyclic) bond motifs is 1. The molecule has 7 nitrogen and oxygen atoms in total. The third-order valence-electron chi connectivity index (χ3n) is 6.82. The van der Waals surface area contributed by atoms with E-state index in [9.17, 15) is 15.0 Å². The molecular formula is C26H30N2O5. The lowest BCUT2D eigenvalue weighted by molar-refractivity contribution is -0.0844. The zero-order valence-corrected chi connectivity index (χ0v) is 18.8. The average molecular weight is 451 g/mol. The highest BCUT2D eigenvalue weighted by atomic mass is 16.5. The van der Waals surface area contributed by atoms with Crippen LogP contribution in [-0.4, -0.2) is 45.3 Å². The first kappa shape index (κ1) is 21.9. The van der Waals surface area contributed by atoms with Crippen molar-refractivity contribution in [3.8, 4) is 5.75 Å². The van der Waals surface area contributed by atoms with E-state index in [1.807, 2.05) is 24.4 Å². The van der Waals surface area contributed by atoms with E-state index in [1.54, 1.807) is 23.9 Å². The van der Waals surface area contributed by atoms with Crippen LogP contribution in [0.5, 0.6) is 5.75 Å². The van der Waals surface area contributed by atoms with Crippen LogP contribution < -0.4 is 4.74 Å². The second kappa shape index (κ2) is 9.15. The summed E-state index contributed by atoms with van der Waals surface area (Å²) < 4.78 is 13.7. The molecule has 1 heterocycles. The topological polar surface area (TPSA) is 93.8 Å². The van der Waals surface area contributed by atoms with Gasteiger partial charge in [0.1, 0.15) is 23.5 Å². The van der Waals surface area contributed by atoms with E-state index in [0.717, 1.165) is 42.4 Å². The summed E-state index contributed by atoms with van der Waals surface area (Å²) in [7, 11) is 1.67. The number of aliphatic hydroxyl groups excluding tert-OH is 1. The van der Waals surface area contributed by atoms with Gasteiger partial charge in [0.2, 0.25) is 0 Å². The number of rotatable bonds is 9. The Bertz CT molecular complexity index is 1150. The lowest BCUT2D eigenvalue weighted by atomic mass is 9.99. The standard InChI is InChI=1S/C26H30N2O5/c1-32-22-13-17(11-12-20(22)16-9-10-16)25(29)23(33-19-6-2-3-7-19)15-28-14-18-5-4-8-21(26(30)31)24(18)27-28/h4-5,8,11-14,16,19,23,25,29H,2-3,6-7,9-10,15H2,1H3,(H,30,31). The fraction of sp³-hybridized carbons (Fsp3) is 0.462. The molecule has 33 heavy (non-hydrogen) atoms. The molecule has 2 saturated carbocycles. The Morgan fingerprint density at radius 1 is 1.18 bits per heavy atom. The van der Waals surface area contributed by atoms with Gasteiger partial charge in [-0.05, 0) is 54.9 Å². The second-order valence-electron chi connectivity index (χ2n) is 9.20. The van der Waals surface area contributed by atoms with Crippen LogP contribution in [0.2, 0.25) is 0 Å². The molecule has 5 rings (SSSR count). The van der Waals surface area contributed by atoms with Crippen LogP contribution in [0, 0.1) is 0 Å². The number of benzene rings is 2. The zero-order chi connectivity index (χ0) is 22.9. The van der Waals surface area contributed by atoms with Gasteiger partial charge in [0.15, 0.2) is 0 Å². The van der Waals surface area contributed by atoms with Crippen molar-refractivity contribution in [3.63, 3.8) is 0 Å². The molecule has 174 valence electrons. The maximum absolute atomic E-state index is 11.6. The van der Waals surface area contributed by atoms with E-state index >= 15 is 0 Å². The number of hydrogen-bond donors (Lipinski definition) is 2. The first-order valence-electron chi connectivity index (χ1n) is 11.7. The van der Waals surface area contributed by atoms with Gasteiger partial charge in [-0.25, -0.2) is 4.79 Å². The van der Waals surface area contributed by atoms with Crippen LogP contribution in [-0.2, 0) is 11.3 Å². The van der Waals surface area contributed by atoms with E-state index in [4.69, 9.17) is 9.47 Å². The van der Waals surface area contributed by atoms with Crippen molar-refractivity contribution in [2.75, 3.05) is 7.11 Å². The Balaban J connectivity index is 1.44. The van der Waals surface area contributed by atoms with Gasteiger partial charge in [0.05, 0.1) is 25.3 Å². The molecule has 2 aliphatic carbocycles. The molecule has 2 aromatic carbocycles. The third kappa shape index (κ3) is 4.61. The van der Waals surface area contributed by atoms with Crippen LogP contribution >= 0.6 is 0 Å². The van der Waals surface area contributed by atoms with Crippen molar-refractivity contribution in [2.24, 2.45) is 0 Å². The van der Waals surface area contributed by atoms with Crippen molar-refractivity contribution < 1.29 is 24.5 Å². The minimum absolute atomic E-state index is 0.108. The maximum atomic E-state index is 11.6. The molecule has 0 aliphatic heterocycles. The van der Waals surface area contributed by atoms with Gasteiger partial charge in [-0.15, -0.1) is 0 Å². The minimum atomic E-state index is -1.01. The molecular weight excluding hydrogens is 420 g/mol. The SMILES string of the molecule is COc1cc(C(O)C(Cn2cc3cccc(C(=O)O)c3n2)OC2CCCC2)ccc1C1CC1. The van der Waals surface area contributed by atoms with Gasteiger partial charge in [-0.2, -0.15) is 5.10 Å². The highest BCUT2D eigenvalue weighted by Gasteiger charge is 2.31. The highest BCUT2D eigenvalue weighted by Crippen LogP contribution is 2.45. The fourth-order valence-electron chi connectivity index (χ4n) is 4.89. The number of nitrogens with zero attached hydrogens (tertiary/aromatic N) is 2. The maximum Gasteiger partial charge on any atom is 0.337 e. The predicted octanol–water partition coefficient (Wildman–Crippen LogP) is 4.68. The van der Waals surface area contributed by atoms with Crippen molar-refractivity contribution in [2.45, 2.75) is 69.3 Å². The number of methoxy groups -OCH3 is 1. The summed E-state index contributed by atoms with van der Waals surface area (Å²) in [5, 5.41) is 26.1. The monoisotopic (exact) mass is 450 g/mol. The number of hydrogen-bond acceptors (Lipinski definition) is 5. The molecule has 0 radical (unpaired) electrons. The molecule has 0 spiro atoms. The minimum Gasteiger partial charge on any atom is -0.496 e. The Hall–Kier alpha value is -2.90. The van der Waals surface area contributed by atoms with E-state index in [0.29, 0.717) is 18.0 Å². The molecule has 0 amide bonds. The van der Waals surface area contributed by atoms with Crippen LogP contribution in [0.3, 0.4) is 0 Å². The lowest BCUT2D eigenvalue weighted by Crippen LogP contribution is -2.31. The summed E-state index contributed by atoms with van der Waals surface area (Å²) in [5.74, 6) is 0.355. The largest absolute Gasteiger partial charge is 0.496 e. The number of carboxylic acid groups (broad SMARTS) is 1. The fourth-order valence-corrected chi connectivity index (χ4v) is 4.89. The van der Waals surface area contributed by atoms with Crippen molar-refractivity contribution in [1.29, 1.82) is 0 Å². The first-order valence-corrected chi connectivity index (χ1v) is 11.7. The predicted molar refractivity (Wildman–Crippen MR) is 124 cm³/mol. The van der Waals surface area contributed by atoms with Gasteiger partial charge < -0.3 is 19.7 Å². The van der Waals surface area contributed by atoms with Crippen molar-refractivity contribution in [1.82, 2.24) is 9.78 Å². The number of carbonyl (C=O) groups is 1. The summed E-state index contributed by atoms with van der Waals surface area (Å²) in [6, 6.07) is 11.1.